The molecule has 0 spiro atoms. The normalized spacial score (nSPS) is 27.2. The standard InChI is InChI=1S/C16H24N2O/c1-12-9-16(14(11-19)10-17-12)18-8-4-6-13-5-2-3-7-15(13)18/h9-10,13,15,19H,2-8,11H2,1H3/t13-,15-/m1/s1. The molecule has 1 aromatic rings. The monoisotopic (exact) mass is 260 g/mol. The van der Waals surface area contributed by atoms with E-state index in [2.05, 4.69) is 16.0 Å². The summed E-state index contributed by atoms with van der Waals surface area (Å²) in [4.78, 5) is 6.89. The Balaban J connectivity index is 1.93. The number of pyridine rings is 1. The van der Waals surface area contributed by atoms with Gasteiger partial charge in [0.1, 0.15) is 0 Å². The molecule has 0 aromatic carbocycles. The lowest BCUT2D eigenvalue weighted by Gasteiger charge is -2.46. The summed E-state index contributed by atoms with van der Waals surface area (Å²) in [7, 11) is 0. The van der Waals surface area contributed by atoms with E-state index in [4.69, 9.17) is 0 Å². The largest absolute Gasteiger partial charge is 0.392 e. The van der Waals surface area contributed by atoms with E-state index in [1.807, 2.05) is 13.1 Å². The summed E-state index contributed by atoms with van der Waals surface area (Å²) >= 11 is 0. The first-order valence-electron chi connectivity index (χ1n) is 7.62. The highest BCUT2D eigenvalue weighted by Crippen LogP contribution is 2.38. The molecule has 0 bridgehead atoms. The molecular weight excluding hydrogens is 236 g/mol. The molecule has 0 unspecified atom stereocenters. The summed E-state index contributed by atoms with van der Waals surface area (Å²) < 4.78 is 0. The second-order valence-corrected chi connectivity index (χ2v) is 6.06. The number of aliphatic hydroxyl groups is 1. The highest BCUT2D eigenvalue weighted by atomic mass is 16.3. The fraction of sp³-hybridized carbons (Fsp3) is 0.688. The lowest BCUT2D eigenvalue weighted by molar-refractivity contribution is 0.241. The maximum absolute atomic E-state index is 9.57. The van der Waals surface area contributed by atoms with Crippen LogP contribution in [0.5, 0.6) is 0 Å². The molecule has 1 saturated carbocycles. The van der Waals surface area contributed by atoms with E-state index in [1.165, 1.54) is 44.2 Å². The molecule has 19 heavy (non-hydrogen) atoms. The number of piperidine rings is 1. The molecule has 3 rings (SSSR count). The molecule has 1 aliphatic heterocycles. The van der Waals surface area contributed by atoms with Crippen LogP contribution in [0.1, 0.15) is 49.8 Å². The molecule has 2 heterocycles. The van der Waals surface area contributed by atoms with Crippen LogP contribution in [0.15, 0.2) is 12.3 Å². The van der Waals surface area contributed by atoms with Crippen molar-refractivity contribution in [3.63, 3.8) is 0 Å². The summed E-state index contributed by atoms with van der Waals surface area (Å²) in [5, 5.41) is 9.57. The summed E-state index contributed by atoms with van der Waals surface area (Å²) in [6, 6.07) is 2.84. The van der Waals surface area contributed by atoms with Crippen molar-refractivity contribution in [1.29, 1.82) is 0 Å². The molecule has 1 aromatic heterocycles. The minimum absolute atomic E-state index is 0.0938. The number of nitrogens with zero attached hydrogens (tertiary/aromatic N) is 2. The van der Waals surface area contributed by atoms with Crippen LogP contribution in [0, 0.1) is 12.8 Å². The van der Waals surface area contributed by atoms with Crippen molar-refractivity contribution in [2.45, 2.75) is 58.1 Å². The Kier molecular flexibility index (Phi) is 3.74. The van der Waals surface area contributed by atoms with Gasteiger partial charge in [0.15, 0.2) is 0 Å². The van der Waals surface area contributed by atoms with Gasteiger partial charge in [-0.15, -0.1) is 0 Å². The quantitative estimate of drug-likeness (QED) is 0.888. The van der Waals surface area contributed by atoms with Gasteiger partial charge in [-0.2, -0.15) is 0 Å². The van der Waals surface area contributed by atoms with Crippen LogP contribution in [-0.4, -0.2) is 22.7 Å². The van der Waals surface area contributed by atoms with Gasteiger partial charge in [0.25, 0.3) is 0 Å². The van der Waals surface area contributed by atoms with Gasteiger partial charge >= 0.3 is 0 Å². The predicted octanol–water partition coefficient (Wildman–Crippen LogP) is 3.04. The average molecular weight is 260 g/mol. The van der Waals surface area contributed by atoms with Crippen LogP contribution in [-0.2, 0) is 6.61 Å². The molecule has 2 fully saturated rings. The number of fused-ring (bicyclic) bond motifs is 1. The Morgan fingerprint density at radius 2 is 2.05 bits per heavy atom. The number of aromatic nitrogens is 1. The van der Waals surface area contributed by atoms with E-state index in [0.717, 1.165) is 23.7 Å². The zero-order valence-electron chi connectivity index (χ0n) is 11.8. The van der Waals surface area contributed by atoms with Crippen LogP contribution in [0.2, 0.25) is 0 Å². The molecule has 2 atom stereocenters. The number of anilines is 1. The summed E-state index contributed by atoms with van der Waals surface area (Å²) in [6.45, 7) is 3.26. The fourth-order valence-corrected chi connectivity index (χ4v) is 3.89. The number of aliphatic hydroxyl groups excluding tert-OH is 1. The van der Waals surface area contributed by atoms with Gasteiger partial charge in [0, 0.05) is 35.7 Å². The Labute approximate surface area is 115 Å². The van der Waals surface area contributed by atoms with Crippen molar-refractivity contribution >= 4 is 5.69 Å². The molecule has 1 N–H and O–H groups in total. The fourth-order valence-electron chi connectivity index (χ4n) is 3.89. The minimum atomic E-state index is 0.0938. The smallest absolute Gasteiger partial charge is 0.0717 e. The van der Waals surface area contributed by atoms with Crippen molar-refractivity contribution in [2.24, 2.45) is 5.92 Å². The average Bonchev–Trinajstić information content (AvgIpc) is 2.46. The van der Waals surface area contributed by atoms with Gasteiger partial charge in [-0.25, -0.2) is 0 Å². The first-order valence-corrected chi connectivity index (χ1v) is 7.62. The Morgan fingerprint density at radius 3 is 2.89 bits per heavy atom. The van der Waals surface area contributed by atoms with Crippen molar-refractivity contribution in [2.75, 3.05) is 11.4 Å². The van der Waals surface area contributed by atoms with Crippen LogP contribution in [0.3, 0.4) is 0 Å². The van der Waals surface area contributed by atoms with Gasteiger partial charge < -0.3 is 10.0 Å². The second-order valence-electron chi connectivity index (χ2n) is 6.06. The molecular formula is C16H24N2O. The van der Waals surface area contributed by atoms with E-state index in [-0.39, 0.29) is 6.61 Å². The third-order valence-electron chi connectivity index (χ3n) is 4.82. The third-order valence-corrected chi connectivity index (χ3v) is 4.82. The highest BCUT2D eigenvalue weighted by molar-refractivity contribution is 5.54. The van der Waals surface area contributed by atoms with Crippen LogP contribution in [0.4, 0.5) is 5.69 Å². The molecule has 0 radical (unpaired) electrons. The summed E-state index contributed by atoms with van der Waals surface area (Å²) in [5.41, 5.74) is 3.26. The van der Waals surface area contributed by atoms with Crippen LogP contribution in [0.25, 0.3) is 0 Å². The third kappa shape index (κ3) is 2.48. The van der Waals surface area contributed by atoms with E-state index in [0.29, 0.717) is 6.04 Å². The van der Waals surface area contributed by atoms with Crippen molar-refractivity contribution in [3.05, 3.63) is 23.5 Å². The number of rotatable bonds is 2. The maximum Gasteiger partial charge on any atom is 0.0717 e. The van der Waals surface area contributed by atoms with E-state index in [1.54, 1.807) is 0 Å². The summed E-state index contributed by atoms with van der Waals surface area (Å²) in [5.74, 6) is 0.863. The molecule has 3 nitrogen and oxygen atoms in total. The highest BCUT2D eigenvalue weighted by Gasteiger charge is 2.34. The molecule has 1 saturated heterocycles. The molecule has 2 aliphatic rings. The maximum atomic E-state index is 9.57. The second kappa shape index (κ2) is 5.49. The Hall–Kier alpha value is -1.09. The lowest BCUT2D eigenvalue weighted by Crippen LogP contribution is -2.47. The van der Waals surface area contributed by atoms with Crippen LogP contribution < -0.4 is 4.90 Å². The number of hydrogen-bond donors (Lipinski definition) is 1. The molecule has 0 amide bonds. The van der Waals surface area contributed by atoms with Crippen molar-refractivity contribution in [3.8, 4) is 0 Å². The first kappa shape index (κ1) is 12.9. The lowest BCUT2D eigenvalue weighted by atomic mass is 9.78. The van der Waals surface area contributed by atoms with E-state index in [9.17, 15) is 5.11 Å². The predicted molar refractivity (Wildman–Crippen MR) is 77.2 cm³/mol. The number of hydrogen-bond acceptors (Lipinski definition) is 3. The Bertz CT molecular complexity index is 444. The van der Waals surface area contributed by atoms with E-state index >= 15 is 0 Å². The van der Waals surface area contributed by atoms with Crippen molar-refractivity contribution in [1.82, 2.24) is 4.98 Å². The zero-order valence-corrected chi connectivity index (χ0v) is 11.8. The van der Waals surface area contributed by atoms with Gasteiger partial charge in [0.2, 0.25) is 0 Å². The van der Waals surface area contributed by atoms with Crippen molar-refractivity contribution < 1.29 is 5.11 Å². The number of aryl methyl sites for hydroxylation is 1. The van der Waals surface area contributed by atoms with Gasteiger partial charge in [-0.3, -0.25) is 4.98 Å². The van der Waals surface area contributed by atoms with Gasteiger partial charge in [-0.05, 0) is 44.6 Å². The molecule has 104 valence electrons. The summed E-state index contributed by atoms with van der Waals surface area (Å²) in [6.07, 6.45) is 9.98. The minimum Gasteiger partial charge on any atom is -0.392 e. The topological polar surface area (TPSA) is 36.4 Å². The zero-order chi connectivity index (χ0) is 13.2. The Morgan fingerprint density at radius 1 is 1.26 bits per heavy atom. The first-order chi connectivity index (χ1) is 9.29. The molecule has 3 heteroatoms. The SMILES string of the molecule is Cc1cc(N2CCC[C@H]3CCCC[C@H]32)c(CO)cn1. The van der Waals surface area contributed by atoms with Crippen LogP contribution >= 0.6 is 0 Å². The van der Waals surface area contributed by atoms with E-state index < -0.39 is 0 Å². The van der Waals surface area contributed by atoms with Gasteiger partial charge in [0.05, 0.1) is 6.61 Å². The molecule has 1 aliphatic carbocycles. The van der Waals surface area contributed by atoms with Gasteiger partial charge in [-0.1, -0.05) is 12.8 Å².